The van der Waals surface area contributed by atoms with Crippen LogP contribution in [0.5, 0.6) is 0 Å². The molecule has 19 nitrogen and oxygen atoms in total. The second-order valence-corrected chi connectivity index (χ2v) is 16.5. The van der Waals surface area contributed by atoms with Gasteiger partial charge in [0, 0.05) is 73.5 Å². The number of guanidine groups is 1. The summed E-state index contributed by atoms with van der Waals surface area (Å²) in [6, 6.07) is 2.89. The van der Waals surface area contributed by atoms with Crippen molar-refractivity contribution in [2.24, 2.45) is 22.2 Å². The zero-order valence-corrected chi connectivity index (χ0v) is 33.3. The van der Waals surface area contributed by atoms with Crippen LogP contribution in [0.25, 0.3) is 10.9 Å². The Morgan fingerprint density at radius 1 is 0.912 bits per heavy atom. The summed E-state index contributed by atoms with van der Waals surface area (Å²) in [5.41, 5.74) is 18.3. The first kappa shape index (κ1) is 44.7. The molecule has 2 saturated heterocycles. The number of carboxylic acids is 1. The van der Waals surface area contributed by atoms with E-state index in [2.05, 4.69) is 36.6 Å². The molecule has 13 N–H and O–H groups in total. The van der Waals surface area contributed by atoms with Crippen LogP contribution in [0.1, 0.15) is 56.9 Å². The van der Waals surface area contributed by atoms with E-state index in [0.29, 0.717) is 43.7 Å². The van der Waals surface area contributed by atoms with Crippen molar-refractivity contribution in [1.29, 1.82) is 0 Å². The summed E-state index contributed by atoms with van der Waals surface area (Å²) in [4.78, 5) is 101. The lowest BCUT2D eigenvalue weighted by Crippen LogP contribution is -2.56. The second-order valence-electron chi connectivity index (χ2n) is 13.9. The van der Waals surface area contributed by atoms with Crippen LogP contribution in [0.15, 0.2) is 35.5 Å². The monoisotopic (exact) mass is 831 g/mol. The summed E-state index contributed by atoms with van der Waals surface area (Å²) in [6.45, 7) is 0.166. The molecule has 312 valence electrons. The van der Waals surface area contributed by atoms with Crippen molar-refractivity contribution in [3.8, 4) is 0 Å². The molecule has 0 spiro atoms. The largest absolute Gasteiger partial charge is 0.481 e. The van der Waals surface area contributed by atoms with Gasteiger partial charge in [-0.25, -0.2) is 0 Å². The molecule has 4 rings (SSSR count). The van der Waals surface area contributed by atoms with Crippen LogP contribution in [0, 0.1) is 0 Å². The number of amides is 6. The van der Waals surface area contributed by atoms with Gasteiger partial charge in [-0.15, -0.1) is 0 Å². The first-order chi connectivity index (χ1) is 27.3. The number of benzene rings is 1. The summed E-state index contributed by atoms with van der Waals surface area (Å²) >= 11 is 0. The molecule has 21 heteroatoms. The Hall–Kier alpha value is -5.02. The summed E-state index contributed by atoms with van der Waals surface area (Å²) in [7, 11) is 2.82. The van der Waals surface area contributed by atoms with Crippen LogP contribution in [-0.2, 0) is 40.0 Å². The predicted molar refractivity (Wildman–Crippen MR) is 217 cm³/mol. The molecule has 3 heterocycles. The van der Waals surface area contributed by atoms with Crippen molar-refractivity contribution >= 4 is 79.9 Å². The number of nitrogens with zero attached hydrogens (tertiary/aromatic N) is 2. The second kappa shape index (κ2) is 22.7. The van der Waals surface area contributed by atoms with Crippen molar-refractivity contribution < 1.29 is 38.7 Å². The highest BCUT2D eigenvalue weighted by Crippen LogP contribution is 2.25. The number of aliphatic carboxylic acids is 1. The Bertz CT molecular complexity index is 1770. The van der Waals surface area contributed by atoms with E-state index in [1.807, 2.05) is 24.3 Å². The quantitative estimate of drug-likeness (QED) is 0.0584. The fourth-order valence-electron chi connectivity index (χ4n) is 6.65. The van der Waals surface area contributed by atoms with Gasteiger partial charge in [0.1, 0.15) is 18.1 Å². The molecule has 0 aliphatic carbocycles. The molecular weight excluding hydrogens is 779 g/mol. The Morgan fingerprint density at radius 3 is 2.44 bits per heavy atom. The van der Waals surface area contributed by atoms with E-state index in [-0.39, 0.29) is 44.2 Å². The maximum absolute atomic E-state index is 14.3. The first-order valence-electron chi connectivity index (χ1n) is 18.9. The summed E-state index contributed by atoms with van der Waals surface area (Å²) in [5, 5.41) is 23.9. The molecule has 2 aliphatic rings. The van der Waals surface area contributed by atoms with Gasteiger partial charge in [-0.3, -0.25) is 38.6 Å². The molecule has 1 aromatic heterocycles. The molecule has 2 aliphatic heterocycles. The fourth-order valence-corrected chi connectivity index (χ4v) is 8.90. The van der Waals surface area contributed by atoms with Crippen LogP contribution in [0.3, 0.4) is 0 Å². The number of hydrogen-bond donors (Lipinski definition) is 10. The SMILES string of the molecule is NCC1CSSCCC(=O)NC(CCCCN=C(N)N)C(=O)NCC(=O)NC(CC(=O)O)CC(=O)NC(Cc2c[nH]c3ccccc23)C(=O)N2CCCC2C(=O)N1. The number of nitrogens with two attached hydrogens (primary N) is 3. The highest BCUT2D eigenvalue weighted by Gasteiger charge is 2.39. The number of unbranched alkanes of at least 4 members (excludes halogenated alkanes) is 1. The van der Waals surface area contributed by atoms with Crippen LogP contribution in [0.2, 0.25) is 0 Å². The highest BCUT2D eigenvalue weighted by molar-refractivity contribution is 8.76. The van der Waals surface area contributed by atoms with Gasteiger partial charge in [-0.05, 0) is 43.7 Å². The number of hydrogen-bond acceptors (Lipinski definition) is 11. The number of H-pyrrole nitrogens is 1. The standard InChI is InChI=1S/C36H53N11O8S2/c37-17-23-20-57-56-13-10-29(48)45-26(8-3-4-11-40-36(38)39)33(53)42-19-31(50)43-22(16-32(51)52)15-30(49)46-27(14-21-18-41-25-7-2-1-6-24(21)25)35(55)47-12-5-9-28(47)34(54)44-23/h1-2,6-7,18,22-23,26-28,41H,3-5,8-17,19-20,37H2,(H,42,53)(H,43,50)(H,44,54)(H,45,48)(H,46,49)(H,51,52)(H4,38,39,40). The summed E-state index contributed by atoms with van der Waals surface area (Å²) < 4.78 is 0. The molecule has 57 heavy (non-hydrogen) atoms. The van der Waals surface area contributed by atoms with Gasteiger partial charge in [0.25, 0.3) is 0 Å². The molecule has 6 amide bonds. The average molecular weight is 832 g/mol. The number of carbonyl (C=O) groups is 7. The average Bonchev–Trinajstić information content (AvgIpc) is 3.82. The van der Waals surface area contributed by atoms with E-state index in [0.717, 1.165) is 16.5 Å². The molecule has 5 unspecified atom stereocenters. The number of para-hydroxylation sites is 1. The lowest BCUT2D eigenvalue weighted by atomic mass is 10.0. The number of nitrogens with one attached hydrogen (secondary N) is 6. The number of rotatable bonds is 10. The number of aliphatic imine (C=N–C) groups is 1. The van der Waals surface area contributed by atoms with Gasteiger partial charge in [-0.1, -0.05) is 39.8 Å². The van der Waals surface area contributed by atoms with E-state index in [1.165, 1.54) is 26.5 Å². The maximum atomic E-state index is 14.3. The lowest BCUT2D eigenvalue weighted by molar-refractivity contribution is -0.141. The smallest absolute Gasteiger partial charge is 0.305 e. The summed E-state index contributed by atoms with van der Waals surface area (Å²) in [6.07, 6.45) is 2.92. The molecule has 0 bridgehead atoms. The van der Waals surface area contributed by atoms with Crippen LogP contribution in [-0.4, -0.2) is 130 Å². The van der Waals surface area contributed by atoms with Crippen molar-refractivity contribution in [3.05, 3.63) is 36.0 Å². The van der Waals surface area contributed by atoms with Crippen molar-refractivity contribution in [2.75, 3.05) is 37.7 Å². The minimum atomic E-state index is -1.29. The van der Waals surface area contributed by atoms with E-state index < -0.39 is 85.1 Å². The molecule has 2 aromatic rings. The van der Waals surface area contributed by atoms with E-state index >= 15 is 0 Å². The third kappa shape index (κ3) is 14.5. The molecule has 1 aromatic carbocycles. The number of fused-ring (bicyclic) bond motifs is 2. The number of aromatic amines is 1. The van der Waals surface area contributed by atoms with Gasteiger partial charge in [0.05, 0.1) is 19.0 Å². The zero-order chi connectivity index (χ0) is 41.3. The topological polar surface area (TPSA) is 309 Å². The third-order valence-corrected chi connectivity index (χ3v) is 11.9. The maximum Gasteiger partial charge on any atom is 0.305 e. The fraction of sp³-hybridized carbons (Fsp3) is 0.556. The van der Waals surface area contributed by atoms with Crippen molar-refractivity contribution in [1.82, 2.24) is 36.5 Å². The van der Waals surface area contributed by atoms with E-state index in [9.17, 15) is 38.7 Å². The normalized spacial score (nSPS) is 23.9. The van der Waals surface area contributed by atoms with Gasteiger partial charge in [-0.2, -0.15) is 0 Å². The molecule has 0 saturated carbocycles. The van der Waals surface area contributed by atoms with Crippen molar-refractivity contribution in [2.45, 2.75) is 88.0 Å². The lowest BCUT2D eigenvalue weighted by Gasteiger charge is -2.30. The van der Waals surface area contributed by atoms with Gasteiger partial charge in [0.15, 0.2) is 5.96 Å². The van der Waals surface area contributed by atoms with E-state index in [4.69, 9.17) is 17.2 Å². The van der Waals surface area contributed by atoms with E-state index in [1.54, 1.807) is 6.20 Å². The van der Waals surface area contributed by atoms with Gasteiger partial charge < -0.3 is 58.8 Å². The zero-order valence-electron chi connectivity index (χ0n) is 31.6. The Kier molecular flexibility index (Phi) is 17.8. The van der Waals surface area contributed by atoms with Crippen LogP contribution in [0.4, 0.5) is 0 Å². The molecular formula is C36H53N11O8S2. The molecule has 0 radical (unpaired) electrons. The minimum absolute atomic E-state index is 0.0622. The Labute approximate surface area is 338 Å². The number of aromatic nitrogens is 1. The van der Waals surface area contributed by atoms with Crippen LogP contribution < -0.4 is 43.8 Å². The van der Waals surface area contributed by atoms with Crippen LogP contribution >= 0.6 is 21.6 Å². The van der Waals surface area contributed by atoms with Crippen molar-refractivity contribution in [3.63, 3.8) is 0 Å². The number of carboxylic acid groups (broad SMARTS) is 1. The highest BCUT2D eigenvalue weighted by atomic mass is 33.1. The van der Waals surface area contributed by atoms with Gasteiger partial charge in [0.2, 0.25) is 35.4 Å². The predicted octanol–water partition coefficient (Wildman–Crippen LogP) is -1.19. The molecule has 5 atom stereocenters. The first-order valence-corrected chi connectivity index (χ1v) is 21.4. The summed E-state index contributed by atoms with van der Waals surface area (Å²) in [5.74, 6) is -3.91. The third-order valence-electron chi connectivity index (χ3n) is 9.45. The number of carbonyl (C=O) groups excluding carboxylic acids is 6. The minimum Gasteiger partial charge on any atom is -0.481 e. The Balaban J connectivity index is 1.56. The Morgan fingerprint density at radius 2 is 1.68 bits per heavy atom. The van der Waals surface area contributed by atoms with Gasteiger partial charge >= 0.3 is 5.97 Å². The molecule has 2 fully saturated rings.